The number of ether oxygens (including phenoxy) is 1. The molecule has 2 aromatic carbocycles. The Labute approximate surface area is 166 Å². The van der Waals surface area contributed by atoms with Crippen LogP contribution in [-0.4, -0.2) is 30.9 Å². The standard InChI is InChI=1S/C19H16Cl2N2O4/c20-13-5-8-15(21)16(10-13)22-17(24)11-27-19(26)12-3-6-14(7-4-12)23-9-1-2-18(23)25/h3-8,10H,1-2,9,11H2,(H,22,24). The van der Waals surface area contributed by atoms with Gasteiger partial charge >= 0.3 is 5.97 Å². The Bertz CT molecular complexity index is 884. The van der Waals surface area contributed by atoms with Crippen LogP contribution in [0.4, 0.5) is 11.4 Å². The van der Waals surface area contributed by atoms with Crippen molar-refractivity contribution < 1.29 is 19.1 Å². The van der Waals surface area contributed by atoms with Crippen LogP contribution in [0.2, 0.25) is 10.0 Å². The van der Waals surface area contributed by atoms with Gasteiger partial charge in [0.05, 0.1) is 16.3 Å². The van der Waals surface area contributed by atoms with E-state index in [1.165, 1.54) is 6.07 Å². The zero-order valence-corrected chi connectivity index (χ0v) is 15.7. The van der Waals surface area contributed by atoms with E-state index in [0.717, 1.165) is 12.1 Å². The molecule has 0 bridgehead atoms. The summed E-state index contributed by atoms with van der Waals surface area (Å²) in [5.41, 5.74) is 1.37. The van der Waals surface area contributed by atoms with Crippen molar-refractivity contribution >= 4 is 52.4 Å². The second-order valence-electron chi connectivity index (χ2n) is 5.94. The van der Waals surface area contributed by atoms with Crippen molar-refractivity contribution in [1.29, 1.82) is 0 Å². The average Bonchev–Trinajstić information content (AvgIpc) is 3.09. The molecule has 8 heteroatoms. The van der Waals surface area contributed by atoms with Crippen molar-refractivity contribution in [2.45, 2.75) is 12.8 Å². The Balaban J connectivity index is 1.55. The highest BCUT2D eigenvalue weighted by atomic mass is 35.5. The molecule has 1 heterocycles. The normalized spacial score (nSPS) is 13.6. The SMILES string of the molecule is O=C(COC(=O)c1ccc(N2CCCC2=O)cc1)Nc1cc(Cl)ccc1Cl. The number of carbonyl (C=O) groups is 3. The molecule has 0 unspecified atom stereocenters. The monoisotopic (exact) mass is 406 g/mol. The van der Waals surface area contributed by atoms with Gasteiger partial charge in [0.15, 0.2) is 6.61 Å². The van der Waals surface area contributed by atoms with Crippen LogP contribution in [0.1, 0.15) is 23.2 Å². The molecule has 27 heavy (non-hydrogen) atoms. The first-order chi connectivity index (χ1) is 12.9. The highest BCUT2D eigenvalue weighted by Crippen LogP contribution is 2.25. The first kappa shape index (κ1) is 19.2. The smallest absolute Gasteiger partial charge is 0.338 e. The van der Waals surface area contributed by atoms with Gasteiger partial charge in [0.1, 0.15) is 0 Å². The third-order valence-electron chi connectivity index (χ3n) is 4.02. The van der Waals surface area contributed by atoms with Crippen LogP contribution in [0.5, 0.6) is 0 Å². The first-order valence-corrected chi connectivity index (χ1v) is 9.02. The Morgan fingerprint density at radius 3 is 2.52 bits per heavy atom. The van der Waals surface area contributed by atoms with Gasteiger partial charge in [-0.05, 0) is 48.9 Å². The summed E-state index contributed by atoms with van der Waals surface area (Å²) < 4.78 is 5.01. The summed E-state index contributed by atoms with van der Waals surface area (Å²) in [6.07, 6.45) is 1.37. The van der Waals surface area contributed by atoms with Gasteiger partial charge in [0.25, 0.3) is 5.91 Å². The van der Waals surface area contributed by atoms with Gasteiger partial charge in [-0.15, -0.1) is 0 Å². The summed E-state index contributed by atoms with van der Waals surface area (Å²) in [7, 11) is 0. The molecular weight excluding hydrogens is 391 g/mol. The van der Waals surface area contributed by atoms with Crippen molar-refractivity contribution in [3.05, 3.63) is 58.1 Å². The lowest BCUT2D eigenvalue weighted by molar-refractivity contribution is -0.119. The maximum absolute atomic E-state index is 12.1. The van der Waals surface area contributed by atoms with E-state index in [2.05, 4.69) is 5.32 Å². The second-order valence-corrected chi connectivity index (χ2v) is 6.79. The zero-order valence-electron chi connectivity index (χ0n) is 14.2. The minimum atomic E-state index is -0.637. The van der Waals surface area contributed by atoms with Crippen molar-refractivity contribution in [2.24, 2.45) is 0 Å². The Hall–Kier alpha value is -2.57. The van der Waals surface area contributed by atoms with E-state index < -0.39 is 18.5 Å². The fourth-order valence-corrected chi connectivity index (χ4v) is 3.03. The number of halogens is 2. The van der Waals surface area contributed by atoms with Crippen molar-refractivity contribution in [3.8, 4) is 0 Å². The maximum atomic E-state index is 12.1. The third-order valence-corrected chi connectivity index (χ3v) is 4.59. The number of rotatable bonds is 5. The number of anilines is 2. The Morgan fingerprint density at radius 1 is 1.11 bits per heavy atom. The minimum Gasteiger partial charge on any atom is -0.452 e. The number of benzene rings is 2. The minimum absolute atomic E-state index is 0.0710. The molecule has 2 amide bonds. The lowest BCUT2D eigenvalue weighted by Gasteiger charge is -2.15. The molecule has 0 aliphatic carbocycles. The van der Waals surface area contributed by atoms with E-state index in [1.54, 1.807) is 41.3 Å². The molecule has 1 saturated heterocycles. The van der Waals surface area contributed by atoms with Gasteiger partial charge in [-0.3, -0.25) is 9.59 Å². The molecule has 2 aromatic rings. The molecule has 0 atom stereocenters. The van der Waals surface area contributed by atoms with E-state index in [1.807, 2.05) is 0 Å². The van der Waals surface area contributed by atoms with Crippen LogP contribution in [0.25, 0.3) is 0 Å². The predicted octanol–water partition coefficient (Wildman–Crippen LogP) is 3.92. The third kappa shape index (κ3) is 4.78. The number of hydrogen-bond donors (Lipinski definition) is 1. The average molecular weight is 407 g/mol. The van der Waals surface area contributed by atoms with E-state index in [4.69, 9.17) is 27.9 Å². The summed E-state index contributed by atoms with van der Waals surface area (Å²) >= 11 is 11.8. The van der Waals surface area contributed by atoms with Gasteiger partial charge in [-0.2, -0.15) is 0 Å². The fourth-order valence-electron chi connectivity index (χ4n) is 2.69. The van der Waals surface area contributed by atoms with Crippen LogP contribution < -0.4 is 10.2 Å². The highest BCUT2D eigenvalue weighted by Gasteiger charge is 2.22. The van der Waals surface area contributed by atoms with Gasteiger partial charge in [-0.1, -0.05) is 23.2 Å². The molecule has 140 valence electrons. The molecule has 0 radical (unpaired) electrons. The number of carbonyl (C=O) groups excluding carboxylic acids is 3. The van der Waals surface area contributed by atoms with Crippen molar-refractivity contribution in [3.63, 3.8) is 0 Å². The zero-order chi connectivity index (χ0) is 19.4. The number of nitrogens with zero attached hydrogens (tertiary/aromatic N) is 1. The van der Waals surface area contributed by atoms with Gasteiger partial charge < -0.3 is 15.0 Å². The van der Waals surface area contributed by atoms with Crippen LogP contribution in [-0.2, 0) is 14.3 Å². The predicted molar refractivity (Wildman–Crippen MR) is 103 cm³/mol. The van der Waals surface area contributed by atoms with E-state index >= 15 is 0 Å². The van der Waals surface area contributed by atoms with E-state index in [-0.39, 0.29) is 5.91 Å². The molecule has 1 N–H and O–H groups in total. The van der Waals surface area contributed by atoms with Crippen LogP contribution in [0, 0.1) is 0 Å². The van der Waals surface area contributed by atoms with E-state index in [0.29, 0.717) is 34.3 Å². The van der Waals surface area contributed by atoms with Crippen LogP contribution in [0.15, 0.2) is 42.5 Å². The fraction of sp³-hybridized carbons (Fsp3) is 0.211. The summed E-state index contributed by atoms with van der Waals surface area (Å²) in [6, 6.07) is 11.2. The molecule has 6 nitrogen and oxygen atoms in total. The summed E-state index contributed by atoms with van der Waals surface area (Å²) in [6.45, 7) is 0.211. The first-order valence-electron chi connectivity index (χ1n) is 8.26. The van der Waals surface area contributed by atoms with Gasteiger partial charge in [0, 0.05) is 23.7 Å². The second kappa shape index (κ2) is 8.41. The molecule has 0 saturated carbocycles. The number of hydrogen-bond acceptors (Lipinski definition) is 4. The van der Waals surface area contributed by atoms with Gasteiger partial charge in [-0.25, -0.2) is 4.79 Å². The number of nitrogens with one attached hydrogen (secondary N) is 1. The molecule has 0 aromatic heterocycles. The lowest BCUT2D eigenvalue weighted by atomic mass is 10.2. The molecule has 1 aliphatic heterocycles. The topological polar surface area (TPSA) is 75.7 Å². The summed E-state index contributed by atoms with van der Waals surface area (Å²) in [4.78, 5) is 37.4. The van der Waals surface area contributed by atoms with Crippen LogP contribution in [0.3, 0.4) is 0 Å². The van der Waals surface area contributed by atoms with Crippen molar-refractivity contribution in [1.82, 2.24) is 0 Å². The Kier molecular flexibility index (Phi) is 5.98. The molecule has 0 spiro atoms. The van der Waals surface area contributed by atoms with Crippen LogP contribution >= 0.6 is 23.2 Å². The number of amides is 2. The Morgan fingerprint density at radius 2 is 1.85 bits per heavy atom. The maximum Gasteiger partial charge on any atom is 0.338 e. The molecular formula is C19H16Cl2N2O4. The van der Waals surface area contributed by atoms with E-state index in [9.17, 15) is 14.4 Å². The van der Waals surface area contributed by atoms with Gasteiger partial charge in [0.2, 0.25) is 5.91 Å². The lowest BCUT2D eigenvalue weighted by Crippen LogP contribution is -2.23. The largest absolute Gasteiger partial charge is 0.452 e. The van der Waals surface area contributed by atoms with Crippen molar-refractivity contribution in [2.75, 3.05) is 23.4 Å². The number of esters is 1. The molecule has 1 fully saturated rings. The molecule has 1 aliphatic rings. The molecule has 3 rings (SSSR count). The summed E-state index contributed by atoms with van der Waals surface area (Å²) in [5, 5.41) is 3.28. The highest BCUT2D eigenvalue weighted by molar-refractivity contribution is 6.35. The quantitative estimate of drug-likeness (QED) is 0.763. The summed E-state index contributed by atoms with van der Waals surface area (Å²) in [5.74, 6) is -1.10.